The van der Waals surface area contributed by atoms with Crippen LogP contribution in [-0.2, 0) is 13.0 Å². The largest absolute Gasteiger partial charge is 0.489 e. The Morgan fingerprint density at radius 3 is 2.34 bits per heavy atom. The molecule has 0 saturated carbocycles. The molecule has 1 saturated heterocycles. The number of nitrogens with two attached hydrogens (primary N) is 2. The first-order chi connectivity index (χ1) is 19.8. The van der Waals surface area contributed by atoms with Crippen LogP contribution in [0.3, 0.4) is 0 Å². The Morgan fingerprint density at radius 1 is 1.02 bits per heavy atom. The number of primary amides is 1. The van der Waals surface area contributed by atoms with E-state index in [9.17, 15) is 4.79 Å². The SMILES string of the molecule is CC.Cc1cc(OCc2cnc(C)nc2)cc(Oc2ccc(-n3cc(C[C@H]4CCCN4C)c(N)c3C(N)=O)cc2)c1. The first-order valence-corrected chi connectivity index (χ1v) is 14.1. The zero-order chi connectivity index (χ0) is 29.5. The van der Waals surface area contributed by atoms with Crippen LogP contribution >= 0.6 is 0 Å². The van der Waals surface area contributed by atoms with Crippen molar-refractivity contribution >= 4 is 11.6 Å². The quantitative estimate of drug-likeness (QED) is 0.275. The van der Waals surface area contributed by atoms with Gasteiger partial charge in [0, 0.05) is 41.9 Å². The number of likely N-dealkylation sites (tertiary alicyclic amines) is 1. The minimum absolute atomic E-state index is 0.304. The van der Waals surface area contributed by atoms with Crippen molar-refractivity contribution in [2.75, 3.05) is 19.3 Å². The van der Waals surface area contributed by atoms with Gasteiger partial charge in [0.2, 0.25) is 0 Å². The van der Waals surface area contributed by atoms with E-state index in [2.05, 4.69) is 21.9 Å². The number of hydrogen-bond donors (Lipinski definition) is 2. The zero-order valence-corrected chi connectivity index (χ0v) is 24.6. The van der Waals surface area contributed by atoms with Gasteiger partial charge < -0.3 is 30.4 Å². The van der Waals surface area contributed by atoms with Gasteiger partial charge in [0.1, 0.15) is 35.4 Å². The Labute approximate surface area is 242 Å². The van der Waals surface area contributed by atoms with Crippen molar-refractivity contribution in [1.29, 1.82) is 0 Å². The summed E-state index contributed by atoms with van der Waals surface area (Å²) in [6, 6.07) is 13.6. The lowest BCUT2D eigenvalue weighted by Crippen LogP contribution is -2.27. The van der Waals surface area contributed by atoms with E-state index in [1.165, 1.54) is 6.42 Å². The molecule has 1 aliphatic heterocycles. The fraction of sp³-hybridized carbons (Fsp3) is 0.344. The van der Waals surface area contributed by atoms with E-state index in [1.807, 2.05) is 76.4 Å². The van der Waals surface area contributed by atoms with Crippen molar-refractivity contribution < 1.29 is 14.3 Å². The zero-order valence-electron chi connectivity index (χ0n) is 24.6. The van der Waals surface area contributed by atoms with Gasteiger partial charge in [0.15, 0.2) is 0 Å². The van der Waals surface area contributed by atoms with E-state index >= 15 is 0 Å². The minimum atomic E-state index is -0.552. The molecule has 1 atom stereocenters. The number of rotatable bonds is 9. The van der Waals surface area contributed by atoms with Crippen LogP contribution in [0, 0.1) is 13.8 Å². The molecule has 0 aliphatic carbocycles. The van der Waals surface area contributed by atoms with Crippen LogP contribution in [0.1, 0.15) is 59.7 Å². The highest BCUT2D eigenvalue weighted by molar-refractivity contribution is 5.98. The molecule has 216 valence electrons. The molecular weight excluding hydrogens is 516 g/mol. The van der Waals surface area contributed by atoms with Crippen LogP contribution in [0.25, 0.3) is 5.69 Å². The van der Waals surface area contributed by atoms with Gasteiger partial charge in [-0.1, -0.05) is 13.8 Å². The van der Waals surface area contributed by atoms with Gasteiger partial charge in [-0.3, -0.25) is 4.79 Å². The molecule has 0 spiro atoms. The number of aryl methyl sites for hydroxylation is 2. The number of aromatic nitrogens is 3. The molecule has 2 aromatic carbocycles. The van der Waals surface area contributed by atoms with Crippen LogP contribution in [-0.4, -0.2) is 45.0 Å². The molecule has 9 heteroatoms. The Balaban J connectivity index is 0.00000189. The van der Waals surface area contributed by atoms with E-state index in [4.69, 9.17) is 20.9 Å². The Hall–Kier alpha value is -4.37. The third kappa shape index (κ3) is 7.24. The smallest absolute Gasteiger partial charge is 0.267 e. The second kappa shape index (κ2) is 13.3. The summed E-state index contributed by atoms with van der Waals surface area (Å²) in [5, 5.41) is 0. The van der Waals surface area contributed by atoms with Crippen molar-refractivity contribution in [2.45, 2.75) is 59.6 Å². The molecule has 0 unspecified atom stereocenters. The summed E-state index contributed by atoms with van der Waals surface area (Å²) < 4.78 is 13.9. The standard InChI is InChI=1S/C30H34N6O3.C2H6/c1-19-11-26(38-18-21-15-33-20(2)34-16-21)14-27(12-19)39-25-8-6-23(7-9-25)36-17-22(28(31)29(36)30(32)37)13-24-5-4-10-35(24)3;1-2/h6-9,11-12,14-17,24H,4-5,10,13,18,31H2,1-3H3,(H2,32,37);1-2H3/t24-;/m1./s1. The maximum absolute atomic E-state index is 12.3. The number of benzene rings is 2. The van der Waals surface area contributed by atoms with Crippen LogP contribution < -0.4 is 20.9 Å². The van der Waals surface area contributed by atoms with Crippen LogP contribution in [0.2, 0.25) is 0 Å². The first kappa shape index (κ1) is 29.6. The lowest BCUT2D eigenvalue weighted by molar-refractivity contribution is 0.0994. The van der Waals surface area contributed by atoms with E-state index < -0.39 is 5.91 Å². The molecule has 0 bridgehead atoms. The van der Waals surface area contributed by atoms with Gasteiger partial charge in [-0.25, -0.2) is 9.97 Å². The molecule has 1 amide bonds. The van der Waals surface area contributed by atoms with E-state index in [0.717, 1.165) is 47.6 Å². The van der Waals surface area contributed by atoms with Crippen molar-refractivity contribution in [2.24, 2.45) is 5.73 Å². The van der Waals surface area contributed by atoms with Crippen molar-refractivity contribution in [3.8, 4) is 22.9 Å². The van der Waals surface area contributed by atoms with Crippen LogP contribution in [0.15, 0.2) is 61.1 Å². The molecule has 2 aromatic heterocycles. The lowest BCUT2D eigenvalue weighted by Gasteiger charge is -2.18. The number of anilines is 1. The fourth-order valence-electron chi connectivity index (χ4n) is 5.01. The van der Waals surface area contributed by atoms with Crippen molar-refractivity contribution in [1.82, 2.24) is 19.4 Å². The van der Waals surface area contributed by atoms with Gasteiger partial charge in [-0.15, -0.1) is 0 Å². The highest BCUT2D eigenvalue weighted by Crippen LogP contribution is 2.31. The van der Waals surface area contributed by atoms with Gasteiger partial charge in [0.05, 0.1) is 5.69 Å². The number of amides is 1. The number of ether oxygens (including phenoxy) is 2. The summed E-state index contributed by atoms with van der Waals surface area (Å²) in [4.78, 5) is 23.1. The first-order valence-electron chi connectivity index (χ1n) is 14.1. The molecule has 3 heterocycles. The molecule has 1 fully saturated rings. The maximum atomic E-state index is 12.3. The van der Waals surface area contributed by atoms with Gasteiger partial charge in [-0.05, 0) is 94.2 Å². The summed E-state index contributed by atoms with van der Waals surface area (Å²) in [6.07, 6.45) is 8.52. The topological polar surface area (TPSA) is 122 Å². The third-order valence-corrected chi connectivity index (χ3v) is 7.10. The minimum Gasteiger partial charge on any atom is -0.489 e. The van der Waals surface area contributed by atoms with Crippen molar-refractivity contribution in [3.63, 3.8) is 0 Å². The number of nitrogen functional groups attached to an aromatic ring is 1. The number of nitrogens with zero attached hydrogens (tertiary/aromatic N) is 4. The van der Waals surface area contributed by atoms with Crippen LogP contribution in [0.4, 0.5) is 5.69 Å². The normalized spacial score (nSPS) is 14.8. The summed E-state index contributed by atoms with van der Waals surface area (Å²) >= 11 is 0. The van der Waals surface area contributed by atoms with Crippen molar-refractivity contribution in [3.05, 3.63) is 89.3 Å². The number of likely N-dealkylation sites (N-methyl/N-ethyl adjacent to an activating group) is 1. The molecule has 4 aromatic rings. The molecule has 0 radical (unpaired) electrons. The summed E-state index contributed by atoms with van der Waals surface area (Å²) in [5.74, 6) is 2.17. The highest BCUT2D eigenvalue weighted by Gasteiger charge is 2.25. The van der Waals surface area contributed by atoms with E-state index in [0.29, 0.717) is 41.3 Å². The number of carbonyl (C=O) groups is 1. The molecule has 5 rings (SSSR count). The maximum Gasteiger partial charge on any atom is 0.267 e. The number of hydrogen-bond acceptors (Lipinski definition) is 7. The number of carbonyl (C=O) groups excluding carboxylic acids is 1. The summed E-state index contributed by atoms with van der Waals surface area (Å²) in [5.41, 5.74) is 16.5. The Kier molecular flexibility index (Phi) is 9.62. The molecule has 9 nitrogen and oxygen atoms in total. The second-order valence-corrected chi connectivity index (χ2v) is 10.1. The molecule has 4 N–H and O–H groups in total. The van der Waals surface area contributed by atoms with E-state index in [-0.39, 0.29) is 0 Å². The van der Waals surface area contributed by atoms with Gasteiger partial charge >= 0.3 is 0 Å². The van der Waals surface area contributed by atoms with Crippen LogP contribution in [0.5, 0.6) is 17.2 Å². The lowest BCUT2D eigenvalue weighted by atomic mass is 10.1. The van der Waals surface area contributed by atoms with E-state index in [1.54, 1.807) is 17.0 Å². The van der Waals surface area contributed by atoms with Gasteiger partial charge in [0.25, 0.3) is 5.91 Å². The second-order valence-electron chi connectivity index (χ2n) is 10.1. The summed E-state index contributed by atoms with van der Waals surface area (Å²) in [6.45, 7) is 9.27. The predicted molar refractivity (Wildman–Crippen MR) is 162 cm³/mol. The molecular formula is C32H40N6O3. The average Bonchev–Trinajstić information content (AvgIpc) is 3.52. The molecule has 1 aliphatic rings. The highest BCUT2D eigenvalue weighted by atomic mass is 16.5. The Bertz CT molecular complexity index is 1460. The third-order valence-electron chi connectivity index (χ3n) is 7.10. The Morgan fingerprint density at radius 2 is 1.71 bits per heavy atom. The monoisotopic (exact) mass is 556 g/mol. The average molecular weight is 557 g/mol. The van der Waals surface area contributed by atoms with Gasteiger partial charge in [-0.2, -0.15) is 0 Å². The summed E-state index contributed by atoms with van der Waals surface area (Å²) in [7, 11) is 2.13. The predicted octanol–water partition coefficient (Wildman–Crippen LogP) is 5.60. The fourth-order valence-corrected chi connectivity index (χ4v) is 5.01. The molecule has 41 heavy (non-hydrogen) atoms.